The number of anilines is 1. The minimum absolute atomic E-state index is 0.345. The van der Waals surface area contributed by atoms with E-state index in [4.69, 9.17) is 28.3 Å². The number of nitrogens with zero attached hydrogens (tertiary/aromatic N) is 2. The predicted octanol–water partition coefficient (Wildman–Crippen LogP) is 6.57. The Morgan fingerprint density at radius 2 is 1.74 bits per heavy atom. The van der Waals surface area contributed by atoms with E-state index >= 15 is 0 Å². The molecule has 0 aliphatic heterocycles. The molecule has 2 N–H and O–H groups in total. The summed E-state index contributed by atoms with van der Waals surface area (Å²) in [6, 6.07) is 8.83. The highest BCUT2D eigenvalue weighted by Gasteiger charge is 2.25. The van der Waals surface area contributed by atoms with E-state index in [2.05, 4.69) is 12.2 Å². The van der Waals surface area contributed by atoms with Gasteiger partial charge in [0.05, 0.1) is 17.2 Å². The molecule has 4 rings (SSSR count). The summed E-state index contributed by atoms with van der Waals surface area (Å²) in [4.78, 5) is 12.9. The fourth-order valence-electron chi connectivity index (χ4n) is 4.27. The lowest BCUT2D eigenvalue weighted by molar-refractivity contribution is 0.0794. The number of aromatic nitrogens is 2. The van der Waals surface area contributed by atoms with Crippen molar-refractivity contribution in [3.8, 4) is 0 Å². The lowest BCUT2D eigenvalue weighted by Crippen LogP contribution is -2.21. The fourth-order valence-corrected chi connectivity index (χ4v) is 4.80. The second-order valence-corrected chi connectivity index (χ2v) is 10.0. The molecule has 1 amide bonds. The average molecular weight is 460 g/mol. The van der Waals surface area contributed by atoms with Crippen LogP contribution in [0, 0.1) is 5.92 Å². The summed E-state index contributed by atoms with van der Waals surface area (Å²) in [6.45, 7) is 5.69. The van der Waals surface area contributed by atoms with Gasteiger partial charge in [-0.2, -0.15) is 5.10 Å². The van der Waals surface area contributed by atoms with Gasteiger partial charge in [-0.3, -0.25) is 9.48 Å². The van der Waals surface area contributed by atoms with Crippen LogP contribution < -0.4 is 5.32 Å². The minimum Gasteiger partial charge on any atom is -0.386 e. The van der Waals surface area contributed by atoms with Crippen LogP contribution in [0.25, 0.3) is 10.9 Å². The standard InChI is InChI=1S/C24H27Cl2N3O2/c1-14-4-6-19(7-5-14)29-13-16-10-22(20(24(2,3)31)12-21(16)28-29)27-23(30)15-8-17(25)11-18(26)9-15/h8-14,19,31H,4-7H2,1-3H3,(H,27,30)/t14-,19-. The van der Waals surface area contributed by atoms with E-state index in [1.165, 1.54) is 12.8 Å². The smallest absolute Gasteiger partial charge is 0.255 e. The first-order chi connectivity index (χ1) is 14.6. The number of carbonyl (C=O) groups is 1. The third-order valence-corrected chi connectivity index (χ3v) is 6.49. The van der Waals surface area contributed by atoms with Crippen molar-refractivity contribution in [2.45, 2.75) is 58.1 Å². The molecular formula is C24H27Cl2N3O2. The summed E-state index contributed by atoms with van der Waals surface area (Å²) in [5.41, 5.74) is 1.14. The molecule has 1 aliphatic rings. The number of rotatable bonds is 4. The number of nitrogens with one attached hydrogen (secondary N) is 1. The van der Waals surface area contributed by atoms with Gasteiger partial charge in [-0.15, -0.1) is 0 Å². The molecule has 1 aliphatic carbocycles. The number of hydrogen-bond acceptors (Lipinski definition) is 3. The van der Waals surface area contributed by atoms with Crippen molar-refractivity contribution in [3.63, 3.8) is 0 Å². The molecule has 3 aromatic rings. The first kappa shape index (κ1) is 22.1. The van der Waals surface area contributed by atoms with Gasteiger partial charge in [0.25, 0.3) is 5.91 Å². The van der Waals surface area contributed by atoms with Gasteiger partial charge in [-0.25, -0.2) is 0 Å². The molecule has 164 valence electrons. The Morgan fingerprint density at radius 3 is 2.35 bits per heavy atom. The zero-order chi connectivity index (χ0) is 22.3. The molecule has 7 heteroatoms. The molecule has 0 spiro atoms. The summed E-state index contributed by atoms with van der Waals surface area (Å²) >= 11 is 12.1. The van der Waals surface area contributed by atoms with Crippen LogP contribution in [0.4, 0.5) is 5.69 Å². The molecular weight excluding hydrogens is 433 g/mol. The number of benzene rings is 2. The van der Waals surface area contributed by atoms with Crippen LogP contribution in [0.5, 0.6) is 0 Å². The van der Waals surface area contributed by atoms with Crippen molar-refractivity contribution in [1.29, 1.82) is 0 Å². The highest BCUT2D eigenvalue weighted by molar-refractivity contribution is 6.35. The Kier molecular flexibility index (Phi) is 6.03. The van der Waals surface area contributed by atoms with Crippen LogP contribution in [0.2, 0.25) is 10.0 Å². The molecule has 5 nitrogen and oxygen atoms in total. The van der Waals surface area contributed by atoms with Crippen LogP contribution in [0.1, 0.15) is 68.4 Å². The Bertz CT molecular complexity index is 1110. The topological polar surface area (TPSA) is 67.2 Å². The predicted molar refractivity (Wildman–Crippen MR) is 126 cm³/mol. The van der Waals surface area contributed by atoms with E-state index in [1.807, 2.05) is 23.0 Å². The average Bonchev–Trinajstić information content (AvgIpc) is 3.09. The van der Waals surface area contributed by atoms with Gasteiger partial charge in [0.1, 0.15) is 0 Å². The molecule has 1 aromatic heterocycles. The highest BCUT2D eigenvalue weighted by atomic mass is 35.5. The zero-order valence-corrected chi connectivity index (χ0v) is 19.5. The number of halogens is 2. The second-order valence-electron chi connectivity index (χ2n) is 9.15. The maximum atomic E-state index is 12.9. The van der Waals surface area contributed by atoms with Crippen molar-refractivity contribution < 1.29 is 9.90 Å². The van der Waals surface area contributed by atoms with Crippen LogP contribution in [-0.2, 0) is 5.60 Å². The SMILES string of the molecule is CC(C)(O)c1cc2nn([C@H]3CC[C@H](C)CC3)cc2cc1NC(=O)c1cc(Cl)cc(Cl)c1. The number of hydrogen-bond donors (Lipinski definition) is 2. The van der Waals surface area contributed by atoms with Gasteiger partial charge in [0.2, 0.25) is 0 Å². The van der Waals surface area contributed by atoms with Crippen molar-refractivity contribution in [2.24, 2.45) is 5.92 Å². The molecule has 2 aromatic carbocycles. The Labute approximate surface area is 192 Å². The molecule has 1 heterocycles. The lowest BCUT2D eigenvalue weighted by atomic mass is 9.87. The van der Waals surface area contributed by atoms with Crippen molar-refractivity contribution in [3.05, 3.63) is 57.7 Å². The molecule has 0 atom stereocenters. The number of carbonyl (C=O) groups excluding carboxylic acids is 1. The van der Waals surface area contributed by atoms with Crippen molar-refractivity contribution in [1.82, 2.24) is 9.78 Å². The summed E-state index contributed by atoms with van der Waals surface area (Å²) in [5.74, 6) is 0.424. The summed E-state index contributed by atoms with van der Waals surface area (Å²) in [5, 5.41) is 20.2. The van der Waals surface area contributed by atoms with Gasteiger partial charge in [0, 0.05) is 38.4 Å². The number of aliphatic hydroxyl groups is 1. The molecule has 0 saturated heterocycles. The van der Waals surface area contributed by atoms with Gasteiger partial charge in [-0.05, 0) is 75.8 Å². The Morgan fingerprint density at radius 1 is 1.10 bits per heavy atom. The second kappa shape index (κ2) is 8.45. The van der Waals surface area contributed by atoms with E-state index in [0.717, 1.165) is 29.7 Å². The lowest BCUT2D eigenvalue weighted by Gasteiger charge is -2.26. The quantitative estimate of drug-likeness (QED) is 0.463. The van der Waals surface area contributed by atoms with Crippen LogP contribution in [0.15, 0.2) is 36.5 Å². The Balaban J connectivity index is 1.70. The maximum absolute atomic E-state index is 12.9. The van der Waals surface area contributed by atoms with Crippen LogP contribution in [-0.4, -0.2) is 20.8 Å². The molecule has 0 unspecified atom stereocenters. The number of fused-ring (bicyclic) bond motifs is 1. The highest BCUT2D eigenvalue weighted by Crippen LogP contribution is 2.35. The first-order valence-corrected chi connectivity index (χ1v) is 11.4. The third kappa shape index (κ3) is 4.89. The largest absolute Gasteiger partial charge is 0.386 e. The van der Waals surface area contributed by atoms with E-state index in [0.29, 0.717) is 32.9 Å². The summed E-state index contributed by atoms with van der Waals surface area (Å²) in [7, 11) is 0. The van der Waals surface area contributed by atoms with Gasteiger partial charge < -0.3 is 10.4 Å². The third-order valence-electron chi connectivity index (χ3n) is 6.05. The zero-order valence-electron chi connectivity index (χ0n) is 18.0. The van der Waals surface area contributed by atoms with Crippen LogP contribution in [0.3, 0.4) is 0 Å². The van der Waals surface area contributed by atoms with Crippen LogP contribution >= 0.6 is 23.2 Å². The monoisotopic (exact) mass is 459 g/mol. The van der Waals surface area contributed by atoms with E-state index in [9.17, 15) is 9.90 Å². The summed E-state index contributed by atoms with van der Waals surface area (Å²) < 4.78 is 2.05. The fraction of sp³-hybridized carbons (Fsp3) is 0.417. The van der Waals surface area contributed by atoms with E-state index in [1.54, 1.807) is 32.0 Å². The molecule has 1 fully saturated rings. The maximum Gasteiger partial charge on any atom is 0.255 e. The minimum atomic E-state index is -1.16. The van der Waals surface area contributed by atoms with Gasteiger partial charge in [-0.1, -0.05) is 30.1 Å². The van der Waals surface area contributed by atoms with Crippen molar-refractivity contribution in [2.75, 3.05) is 5.32 Å². The molecule has 0 bridgehead atoms. The van der Waals surface area contributed by atoms with E-state index in [-0.39, 0.29) is 5.91 Å². The molecule has 1 saturated carbocycles. The van der Waals surface area contributed by atoms with E-state index < -0.39 is 5.60 Å². The summed E-state index contributed by atoms with van der Waals surface area (Å²) in [6.07, 6.45) is 6.69. The van der Waals surface area contributed by atoms with Gasteiger partial charge in [0.15, 0.2) is 0 Å². The first-order valence-electron chi connectivity index (χ1n) is 10.6. The molecule has 31 heavy (non-hydrogen) atoms. The Hall–Kier alpha value is -2.08. The molecule has 0 radical (unpaired) electrons. The normalized spacial score (nSPS) is 19.5. The van der Waals surface area contributed by atoms with Crippen molar-refractivity contribution >= 4 is 45.7 Å². The number of amides is 1. The van der Waals surface area contributed by atoms with Gasteiger partial charge >= 0.3 is 0 Å².